The van der Waals surface area contributed by atoms with E-state index in [9.17, 15) is 4.79 Å². The molecule has 0 aliphatic carbocycles. The van der Waals surface area contributed by atoms with Gasteiger partial charge in [0.25, 0.3) is 0 Å². The van der Waals surface area contributed by atoms with Crippen LogP contribution in [-0.2, 0) is 0 Å². The highest BCUT2D eigenvalue weighted by atomic mass is 16.3. The summed E-state index contributed by atoms with van der Waals surface area (Å²) in [6.45, 7) is -1.62. The van der Waals surface area contributed by atoms with E-state index in [-0.39, 0.29) is 0 Å². The lowest BCUT2D eigenvalue weighted by Crippen LogP contribution is -2.43. The molecule has 0 radical (unpaired) electrons. The number of hydrogen-bond donors (Lipinski definition) is 8. The van der Waals surface area contributed by atoms with Crippen LogP contribution in [0.15, 0.2) is 0 Å². The third-order valence-electron chi connectivity index (χ3n) is 1.60. The van der Waals surface area contributed by atoms with E-state index in [4.69, 9.17) is 20.4 Å². The van der Waals surface area contributed by atoms with Gasteiger partial charge in [-0.25, -0.2) is 16.5 Å². The van der Waals surface area contributed by atoms with Crippen molar-refractivity contribution in [1.29, 1.82) is 0 Å². The van der Waals surface area contributed by atoms with Gasteiger partial charge in [0.15, 0.2) is 0 Å². The number of nitrogens with two attached hydrogens (primary N) is 2. The molecule has 2 amide bonds. The summed E-state index contributed by atoms with van der Waals surface area (Å²) in [5.41, 5.74) is 2.37. The summed E-state index contributed by atoms with van der Waals surface area (Å²) in [4.78, 5) is 9.71. The van der Waals surface area contributed by atoms with Crippen LogP contribution in [0.4, 0.5) is 4.79 Å². The van der Waals surface area contributed by atoms with Crippen LogP contribution >= 0.6 is 0 Å². The Morgan fingerprint density at radius 1 is 0.933 bits per heavy atom. The highest BCUT2D eigenvalue weighted by Gasteiger charge is 2.26. The Morgan fingerprint density at radius 2 is 1.20 bits per heavy atom. The SMILES string of the molecule is NNC(=O)NN.OCC(CO)(CO)CO. The average Bonchev–Trinajstić information content (AvgIpc) is 2.32. The lowest BCUT2D eigenvalue weighted by Gasteiger charge is -2.23. The number of hydrogen-bond acceptors (Lipinski definition) is 7. The summed E-state index contributed by atoms with van der Waals surface area (Å²) >= 11 is 0. The van der Waals surface area contributed by atoms with E-state index < -0.39 is 37.9 Å². The van der Waals surface area contributed by atoms with E-state index in [1.807, 2.05) is 0 Å². The van der Waals surface area contributed by atoms with Crippen molar-refractivity contribution in [3.05, 3.63) is 0 Å². The van der Waals surface area contributed by atoms with Crippen molar-refractivity contribution in [2.24, 2.45) is 17.1 Å². The Kier molecular flexibility index (Phi) is 10.5. The third-order valence-corrected chi connectivity index (χ3v) is 1.60. The molecule has 0 heterocycles. The summed E-state index contributed by atoms with van der Waals surface area (Å²) in [6.07, 6.45) is 0. The number of amides is 2. The summed E-state index contributed by atoms with van der Waals surface area (Å²) in [7, 11) is 0. The van der Waals surface area contributed by atoms with Crippen LogP contribution < -0.4 is 22.5 Å². The van der Waals surface area contributed by atoms with Crippen LogP contribution in [0.2, 0.25) is 0 Å². The fraction of sp³-hybridized carbons (Fsp3) is 0.833. The molecule has 15 heavy (non-hydrogen) atoms. The molecule has 9 nitrogen and oxygen atoms in total. The minimum absolute atomic E-state index is 0.406. The molecule has 0 saturated heterocycles. The van der Waals surface area contributed by atoms with Crippen molar-refractivity contribution in [1.82, 2.24) is 10.9 Å². The molecule has 0 saturated carbocycles. The highest BCUT2D eigenvalue weighted by molar-refractivity contribution is 5.72. The zero-order chi connectivity index (χ0) is 12.3. The molecule has 0 unspecified atom stereocenters. The minimum atomic E-state index is -1.11. The second kappa shape index (κ2) is 9.58. The Hall–Kier alpha value is -0.970. The molecule has 0 fully saturated rings. The predicted octanol–water partition coefficient (Wildman–Crippen LogP) is -4.02. The normalized spacial score (nSPS) is 10.0. The smallest absolute Gasteiger partial charge is 0.343 e. The first kappa shape index (κ1) is 16.5. The van der Waals surface area contributed by atoms with E-state index in [1.165, 1.54) is 0 Å². The number of nitrogens with one attached hydrogen (secondary N) is 2. The standard InChI is InChI=1S/C5H12O4.CH6N4O/c6-1-5(2-7,3-8)4-9;2-4-1(6)5-3/h6-9H,1-4H2;2-3H2,(H2,4,5,6). The fourth-order valence-corrected chi connectivity index (χ4v) is 0.342. The van der Waals surface area contributed by atoms with E-state index in [0.29, 0.717) is 0 Å². The van der Waals surface area contributed by atoms with Crippen LogP contribution in [0.3, 0.4) is 0 Å². The van der Waals surface area contributed by atoms with Gasteiger partial charge in [-0.1, -0.05) is 0 Å². The average molecular weight is 226 g/mol. The summed E-state index contributed by atoms with van der Waals surface area (Å²) in [5.74, 6) is 9.08. The maximum absolute atomic E-state index is 9.71. The minimum Gasteiger partial charge on any atom is -0.396 e. The Labute approximate surface area is 86.6 Å². The van der Waals surface area contributed by atoms with Gasteiger partial charge in [0, 0.05) is 0 Å². The molecule has 0 aromatic carbocycles. The van der Waals surface area contributed by atoms with Crippen molar-refractivity contribution in [2.45, 2.75) is 0 Å². The first-order valence-electron chi connectivity index (χ1n) is 3.96. The molecule has 0 aromatic heterocycles. The summed E-state index contributed by atoms with van der Waals surface area (Å²) < 4.78 is 0. The maximum Gasteiger partial charge on any atom is 0.343 e. The molecule has 0 rings (SSSR count). The molecule has 92 valence electrons. The van der Waals surface area contributed by atoms with Gasteiger partial charge >= 0.3 is 6.03 Å². The molecule has 9 heteroatoms. The molecule has 0 bridgehead atoms. The van der Waals surface area contributed by atoms with Crippen molar-refractivity contribution in [3.8, 4) is 0 Å². The first-order chi connectivity index (χ1) is 7.05. The number of aliphatic hydroxyl groups excluding tert-OH is 4. The Bertz CT molecular complexity index is 140. The van der Waals surface area contributed by atoms with Gasteiger partial charge in [0.2, 0.25) is 0 Å². The van der Waals surface area contributed by atoms with Crippen molar-refractivity contribution in [3.63, 3.8) is 0 Å². The Morgan fingerprint density at radius 3 is 1.20 bits per heavy atom. The number of carbonyl (C=O) groups is 1. The molecule has 0 atom stereocenters. The topological polar surface area (TPSA) is 174 Å². The first-order valence-corrected chi connectivity index (χ1v) is 3.96. The van der Waals surface area contributed by atoms with E-state index >= 15 is 0 Å². The molecule has 0 aromatic rings. The van der Waals surface area contributed by atoms with Crippen LogP contribution in [0, 0.1) is 5.41 Å². The van der Waals surface area contributed by atoms with Crippen LogP contribution in [-0.4, -0.2) is 52.9 Å². The number of aliphatic hydroxyl groups is 4. The van der Waals surface area contributed by atoms with Crippen molar-refractivity contribution < 1.29 is 25.2 Å². The van der Waals surface area contributed by atoms with Gasteiger partial charge in [-0.3, -0.25) is 10.9 Å². The second-order valence-corrected chi connectivity index (χ2v) is 2.75. The number of carbonyl (C=O) groups excluding carboxylic acids is 1. The molecular formula is C6H18N4O5. The summed E-state index contributed by atoms with van der Waals surface area (Å²) in [6, 6.07) is -0.602. The fourth-order valence-electron chi connectivity index (χ4n) is 0.342. The lowest BCUT2D eigenvalue weighted by atomic mass is 9.93. The van der Waals surface area contributed by atoms with Gasteiger partial charge in [-0.15, -0.1) is 0 Å². The van der Waals surface area contributed by atoms with Crippen molar-refractivity contribution >= 4 is 6.03 Å². The van der Waals surface area contributed by atoms with Crippen molar-refractivity contribution in [2.75, 3.05) is 26.4 Å². The van der Waals surface area contributed by atoms with Gasteiger partial charge in [0.1, 0.15) is 0 Å². The molecular weight excluding hydrogens is 208 g/mol. The maximum atomic E-state index is 9.71. The zero-order valence-electron chi connectivity index (χ0n) is 8.18. The largest absolute Gasteiger partial charge is 0.396 e. The second-order valence-electron chi connectivity index (χ2n) is 2.75. The molecule has 0 aliphatic rings. The Balaban J connectivity index is 0. The molecule has 0 spiro atoms. The zero-order valence-corrected chi connectivity index (χ0v) is 8.18. The number of urea groups is 1. The van der Waals surface area contributed by atoms with E-state index in [1.54, 1.807) is 10.9 Å². The highest BCUT2D eigenvalue weighted by Crippen LogP contribution is 2.11. The quantitative estimate of drug-likeness (QED) is 0.137. The van der Waals surface area contributed by atoms with Crippen LogP contribution in [0.1, 0.15) is 0 Å². The van der Waals surface area contributed by atoms with Gasteiger partial charge < -0.3 is 20.4 Å². The van der Waals surface area contributed by atoms with E-state index in [0.717, 1.165) is 0 Å². The molecule has 10 N–H and O–H groups in total. The summed E-state index contributed by atoms with van der Waals surface area (Å²) in [5, 5.41) is 34.0. The van der Waals surface area contributed by atoms with E-state index in [2.05, 4.69) is 11.7 Å². The van der Waals surface area contributed by atoms with Crippen LogP contribution in [0.5, 0.6) is 0 Å². The van der Waals surface area contributed by atoms with Gasteiger partial charge in [-0.2, -0.15) is 0 Å². The van der Waals surface area contributed by atoms with Gasteiger partial charge in [0.05, 0.1) is 31.8 Å². The third kappa shape index (κ3) is 7.02. The molecule has 0 aliphatic heterocycles. The predicted molar refractivity (Wildman–Crippen MR) is 50.8 cm³/mol. The lowest BCUT2D eigenvalue weighted by molar-refractivity contribution is -0.0328. The monoisotopic (exact) mass is 226 g/mol. The number of rotatable bonds is 4. The van der Waals surface area contributed by atoms with Crippen LogP contribution in [0.25, 0.3) is 0 Å². The number of hydrazine groups is 2. The van der Waals surface area contributed by atoms with Gasteiger partial charge in [-0.05, 0) is 0 Å².